The van der Waals surface area contributed by atoms with Crippen molar-refractivity contribution in [2.45, 2.75) is 6.42 Å². The summed E-state index contributed by atoms with van der Waals surface area (Å²) in [4.78, 5) is 0. The largest absolute Gasteiger partial charge is 0.497 e. The predicted octanol–water partition coefficient (Wildman–Crippen LogP) is 3.98. The first-order valence-corrected chi connectivity index (χ1v) is 7.08. The average Bonchev–Trinajstić information content (AvgIpc) is 2.48. The molecule has 20 heavy (non-hydrogen) atoms. The van der Waals surface area contributed by atoms with Crippen molar-refractivity contribution in [3.63, 3.8) is 0 Å². The van der Waals surface area contributed by atoms with Crippen LogP contribution in [0.4, 0.5) is 5.69 Å². The van der Waals surface area contributed by atoms with Crippen molar-refractivity contribution in [3.8, 4) is 11.8 Å². The predicted molar refractivity (Wildman–Crippen MR) is 84.0 cm³/mol. The Morgan fingerprint density at radius 2 is 1.95 bits per heavy atom. The number of benzene rings is 2. The number of rotatable bonds is 5. The number of hydrogen-bond donors (Lipinski definition) is 1. The van der Waals surface area contributed by atoms with Crippen molar-refractivity contribution in [2.75, 3.05) is 19.0 Å². The van der Waals surface area contributed by atoms with Gasteiger partial charge in [0.2, 0.25) is 0 Å². The minimum absolute atomic E-state index is 0.655. The van der Waals surface area contributed by atoms with Crippen LogP contribution in [0.15, 0.2) is 46.9 Å². The number of hydrogen-bond acceptors (Lipinski definition) is 3. The second-order valence-electron chi connectivity index (χ2n) is 4.33. The summed E-state index contributed by atoms with van der Waals surface area (Å²) in [5.41, 5.74) is 2.74. The van der Waals surface area contributed by atoms with Crippen molar-refractivity contribution >= 4 is 21.6 Å². The van der Waals surface area contributed by atoms with Crippen LogP contribution in [0.1, 0.15) is 11.1 Å². The van der Waals surface area contributed by atoms with Gasteiger partial charge in [0, 0.05) is 11.0 Å². The fourth-order valence-electron chi connectivity index (χ4n) is 1.89. The number of methoxy groups -OCH3 is 1. The molecule has 0 amide bonds. The number of nitriles is 1. The van der Waals surface area contributed by atoms with Crippen molar-refractivity contribution in [2.24, 2.45) is 0 Å². The average molecular weight is 331 g/mol. The van der Waals surface area contributed by atoms with E-state index in [0.29, 0.717) is 5.56 Å². The zero-order chi connectivity index (χ0) is 14.4. The number of nitrogens with one attached hydrogen (secondary N) is 1. The minimum Gasteiger partial charge on any atom is -0.497 e. The fourth-order valence-corrected chi connectivity index (χ4v) is 2.26. The molecule has 2 aromatic rings. The quantitative estimate of drug-likeness (QED) is 0.901. The Morgan fingerprint density at radius 3 is 2.60 bits per heavy atom. The van der Waals surface area contributed by atoms with E-state index in [1.807, 2.05) is 36.4 Å². The molecule has 3 nitrogen and oxygen atoms in total. The zero-order valence-electron chi connectivity index (χ0n) is 11.2. The molecule has 0 saturated carbocycles. The third-order valence-electron chi connectivity index (χ3n) is 2.99. The topological polar surface area (TPSA) is 45.0 Å². The number of anilines is 1. The molecule has 0 bridgehead atoms. The van der Waals surface area contributed by atoms with Gasteiger partial charge in [0.25, 0.3) is 0 Å². The summed E-state index contributed by atoms with van der Waals surface area (Å²) >= 11 is 3.41. The van der Waals surface area contributed by atoms with E-state index >= 15 is 0 Å². The van der Waals surface area contributed by atoms with Crippen molar-refractivity contribution in [1.29, 1.82) is 5.26 Å². The van der Waals surface area contributed by atoms with E-state index in [4.69, 9.17) is 10.00 Å². The molecule has 0 radical (unpaired) electrons. The molecule has 0 heterocycles. The zero-order valence-corrected chi connectivity index (χ0v) is 12.8. The van der Waals surface area contributed by atoms with Gasteiger partial charge in [-0.3, -0.25) is 0 Å². The lowest BCUT2D eigenvalue weighted by Gasteiger charge is -2.09. The Morgan fingerprint density at radius 1 is 1.20 bits per heavy atom. The third kappa shape index (κ3) is 3.75. The monoisotopic (exact) mass is 330 g/mol. The van der Waals surface area contributed by atoms with Crippen LogP contribution >= 0.6 is 15.9 Å². The highest BCUT2D eigenvalue weighted by atomic mass is 79.9. The summed E-state index contributed by atoms with van der Waals surface area (Å²) in [5.74, 6) is 0.862. The lowest BCUT2D eigenvalue weighted by Crippen LogP contribution is -2.06. The maximum atomic E-state index is 9.06. The Kier molecular flexibility index (Phi) is 5.03. The molecule has 102 valence electrons. The lowest BCUT2D eigenvalue weighted by molar-refractivity contribution is 0.414. The maximum Gasteiger partial charge on any atom is 0.118 e. The summed E-state index contributed by atoms with van der Waals surface area (Å²) in [6.07, 6.45) is 0.890. The molecule has 0 spiro atoms. The normalized spacial score (nSPS) is 9.85. The minimum atomic E-state index is 0.655. The van der Waals surface area contributed by atoms with Gasteiger partial charge >= 0.3 is 0 Å². The maximum absolute atomic E-state index is 9.06. The van der Waals surface area contributed by atoms with Gasteiger partial charge in [-0.2, -0.15) is 5.26 Å². The lowest BCUT2D eigenvalue weighted by atomic mass is 10.1. The SMILES string of the molecule is COc1ccc(CCNc2cc(Br)ccc2C#N)cc1. The van der Waals surface area contributed by atoms with Crippen LogP contribution in [-0.2, 0) is 6.42 Å². The molecule has 2 aromatic carbocycles. The van der Waals surface area contributed by atoms with Gasteiger partial charge in [-0.1, -0.05) is 28.1 Å². The highest BCUT2D eigenvalue weighted by Crippen LogP contribution is 2.21. The first-order chi connectivity index (χ1) is 9.72. The van der Waals surface area contributed by atoms with E-state index in [0.717, 1.165) is 28.9 Å². The van der Waals surface area contributed by atoms with E-state index in [1.165, 1.54) is 5.56 Å². The third-order valence-corrected chi connectivity index (χ3v) is 3.48. The number of ether oxygens (including phenoxy) is 1. The summed E-state index contributed by atoms with van der Waals surface area (Å²) in [7, 11) is 1.66. The summed E-state index contributed by atoms with van der Waals surface area (Å²) in [6, 6.07) is 15.8. The summed E-state index contributed by atoms with van der Waals surface area (Å²) in [6.45, 7) is 0.775. The molecule has 1 N–H and O–H groups in total. The van der Waals surface area contributed by atoms with E-state index in [1.54, 1.807) is 13.2 Å². The van der Waals surface area contributed by atoms with Crippen LogP contribution in [-0.4, -0.2) is 13.7 Å². The van der Waals surface area contributed by atoms with Crippen molar-refractivity contribution in [1.82, 2.24) is 0 Å². The molecule has 0 unspecified atom stereocenters. The van der Waals surface area contributed by atoms with Gasteiger partial charge in [-0.15, -0.1) is 0 Å². The second-order valence-corrected chi connectivity index (χ2v) is 5.24. The van der Waals surface area contributed by atoms with E-state index in [9.17, 15) is 0 Å². The van der Waals surface area contributed by atoms with Crippen LogP contribution in [0.2, 0.25) is 0 Å². The molecular formula is C16H15BrN2O. The smallest absolute Gasteiger partial charge is 0.118 e. The van der Waals surface area contributed by atoms with Gasteiger partial charge in [-0.05, 0) is 42.3 Å². The molecule has 0 aromatic heterocycles. The summed E-state index contributed by atoms with van der Waals surface area (Å²) in [5, 5.41) is 12.4. The molecule has 0 atom stereocenters. The van der Waals surface area contributed by atoms with Crippen molar-refractivity contribution in [3.05, 3.63) is 58.1 Å². The standard InChI is InChI=1S/C16H15BrN2O/c1-20-15-6-2-12(3-7-15)8-9-19-16-10-14(17)5-4-13(16)11-18/h2-7,10,19H,8-9H2,1H3. The van der Waals surface area contributed by atoms with E-state index < -0.39 is 0 Å². The van der Waals surface area contributed by atoms with Gasteiger partial charge in [0.15, 0.2) is 0 Å². The second kappa shape index (κ2) is 6.97. The number of halogens is 1. The highest BCUT2D eigenvalue weighted by molar-refractivity contribution is 9.10. The molecule has 0 aliphatic rings. The molecule has 0 saturated heterocycles. The molecule has 0 fully saturated rings. The van der Waals surface area contributed by atoms with Gasteiger partial charge in [0.1, 0.15) is 11.8 Å². The van der Waals surface area contributed by atoms with Crippen LogP contribution < -0.4 is 10.1 Å². The number of nitrogens with zero attached hydrogens (tertiary/aromatic N) is 1. The molecule has 4 heteroatoms. The Labute approximate surface area is 127 Å². The Hall–Kier alpha value is -1.99. The van der Waals surface area contributed by atoms with Crippen LogP contribution in [0, 0.1) is 11.3 Å². The molecule has 2 rings (SSSR count). The molecular weight excluding hydrogens is 316 g/mol. The molecule has 0 aliphatic carbocycles. The van der Waals surface area contributed by atoms with Crippen LogP contribution in [0.5, 0.6) is 5.75 Å². The fraction of sp³-hybridized carbons (Fsp3) is 0.188. The van der Waals surface area contributed by atoms with Crippen molar-refractivity contribution < 1.29 is 4.74 Å². The van der Waals surface area contributed by atoms with Crippen LogP contribution in [0.25, 0.3) is 0 Å². The van der Waals surface area contributed by atoms with Gasteiger partial charge < -0.3 is 10.1 Å². The van der Waals surface area contributed by atoms with Crippen LogP contribution in [0.3, 0.4) is 0 Å². The van der Waals surface area contributed by atoms with Gasteiger partial charge in [0.05, 0.1) is 18.4 Å². The first-order valence-electron chi connectivity index (χ1n) is 6.29. The molecule has 0 aliphatic heterocycles. The van der Waals surface area contributed by atoms with E-state index in [2.05, 4.69) is 27.3 Å². The Balaban J connectivity index is 1.95. The van der Waals surface area contributed by atoms with Gasteiger partial charge in [-0.25, -0.2) is 0 Å². The first kappa shape index (κ1) is 14.4. The van der Waals surface area contributed by atoms with E-state index in [-0.39, 0.29) is 0 Å². The summed E-state index contributed by atoms with van der Waals surface area (Å²) < 4.78 is 6.09. The highest BCUT2D eigenvalue weighted by Gasteiger charge is 2.02. The Bertz CT molecular complexity index is 617.